The summed E-state index contributed by atoms with van der Waals surface area (Å²) >= 11 is 0. The molecular weight excluding hydrogens is 300 g/mol. The number of hydrogen-bond donors (Lipinski definition) is 0. The smallest absolute Gasteiger partial charge is 0.284 e. The molecule has 3 nitrogen and oxygen atoms in total. The van der Waals surface area contributed by atoms with Gasteiger partial charge in [-0.25, -0.2) is 0 Å². The zero-order valence-electron chi connectivity index (χ0n) is 15.5. The van der Waals surface area contributed by atoms with E-state index in [0.29, 0.717) is 18.3 Å². The van der Waals surface area contributed by atoms with Gasteiger partial charge in [0.05, 0.1) is 6.61 Å². The molecule has 0 amide bonds. The SMILES string of the molecule is CCCCC/C=C\CCCCCCCCOc1ccc(C(C)=O)o1. The first-order valence-corrected chi connectivity index (χ1v) is 9.62. The van der Waals surface area contributed by atoms with Gasteiger partial charge in [0.25, 0.3) is 5.95 Å². The molecule has 3 heteroatoms. The second-order valence-corrected chi connectivity index (χ2v) is 6.40. The largest absolute Gasteiger partial charge is 0.465 e. The monoisotopic (exact) mass is 334 g/mol. The van der Waals surface area contributed by atoms with Crippen LogP contribution in [0.25, 0.3) is 0 Å². The van der Waals surface area contributed by atoms with Gasteiger partial charge in [-0.05, 0) is 38.2 Å². The number of carbonyl (C=O) groups excluding carboxylic acids is 1. The van der Waals surface area contributed by atoms with Crippen molar-refractivity contribution in [3.05, 3.63) is 30.0 Å². The van der Waals surface area contributed by atoms with E-state index < -0.39 is 0 Å². The van der Waals surface area contributed by atoms with Gasteiger partial charge in [0.2, 0.25) is 0 Å². The summed E-state index contributed by atoms with van der Waals surface area (Å²) in [6.07, 6.45) is 18.6. The summed E-state index contributed by atoms with van der Waals surface area (Å²) in [4.78, 5) is 11.1. The van der Waals surface area contributed by atoms with Crippen molar-refractivity contribution in [2.45, 2.75) is 84.5 Å². The van der Waals surface area contributed by atoms with E-state index in [-0.39, 0.29) is 5.78 Å². The second-order valence-electron chi connectivity index (χ2n) is 6.40. The van der Waals surface area contributed by atoms with Crippen molar-refractivity contribution in [1.82, 2.24) is 0 Å². The van der Waals surface area contributed by atoms with Crippen molar-refractivity contribution in [3.8, 4) is 5.95 Å². The maximum Gasteiger partial charge on any atom is 0.284 e. The van der Waals surface area contributed by atoms with Gasteiger partial charge in [0.15, 0.2) is 11.5 Å². The second kappa shape index (κ2) is 13.9. The minimum atomic E-state index is -0.0688. The first-order chi connectivity index (χ1) is 11.7. The van der Waals surface area contributed by atoms with Crippen LogP contribution in [0, 0.1) is 0 Å². The summed E-state index contributed by atoms with van der Waals surface area (Å²) in [5.41, 5.74) is 0. The Morgan fingerprint density at radius 2 is 1.58 bits per heavy atom. The molecule has 0 bridgehead atoms. The molecule has 0 fully saturated rings. The first kappa shape index (κ1) is 20.5. The van der Waals surface area contributed by atoms with E-state index in [1.54, 1.807) is 12.1 Å². The predicted molar refractivity (Wildman–Crippen MR) is 99.8 cm³/mol. The number of ketones is 1. The van der Waals surface area contributed by atoms with Crippen LogP contribution in [-0.4, -0.2) is 12.4 Å². The van der Waals surface area contributed by atoms with Crippen molar-refractivity contribution < 1.29 is 13.9 Å². The third-order valence-corrected chi connectivity index (χ3v) is 4.08. The van der Waals surface area contributed by atoms with E-state index in [9.17, 15) is 4.79 Å². The van der Waals surface area contributed by atoms with Gasteiger partial charge < -0.3 is 9.15 Å². The average Bonchev–Trinajstić information content (AvgIpc) is 3.04. The lowest BCUT2D eigenvalue weighted by molar-refractivity contribution is 0.0978. The van der Waals surface area contributed by atoms with E-state index in [4.69, 9.17) is 9.15 Å². The summed E-state index contributed by atoms with van der Waals surface area (Å²) in [5, 5.41) is 0. The minimum Gasteiger partial charge on any atom is -0.465 e. The van der Waals surface area contributed by atoms with Gasteiger partial charge in [0, 0.05) is 13.0 Å². The van der Waals surface area contributed by atoms with Crippen LogP contribution in [0.15, 0.2) is 28.7 Å². The van der Waals surface area contributed by atoms with Crippen molar-refractivity contribution in [1.29, 1.82) is 0 Å². The van der Waals surface area contributed by atoms with Crippen molar-refractivity contribution in [3.63, 3.8) is 0 Å². The molecule has 0 N–H and O–H groups in total. The fourth-order valence-electron chi connectivity index (χ4n) is 2.58. The number of hydrogen-bond acceptors (Lipinski definition) is 3. The lowest BCUT2D eigenvalue weighted by Crippen LogP contribution is -1.96. The normalized spacial score (nSPS) is 11.2. The van der Waals surface area contributed by atoms with Gasteiger partial charge in [-0.2, -0.15) is 0 Å². The molecule has 0 unspecified atom stereocenters. The highest BCUT2D eigenvalue weighted by molar-refractivity contribution is 5.91. The number of carbonyl (C=O) groups is 1. The molecule has 0 radical (unpaired) electrons. The molecule has 0 atom stereocenters. The minimum absolute atomic E-state index is 0.0688. The quantitative estimate of drug-likeness (QED) is 0.203. The van der Waals surface area contributed by atoms with Gasteiger partial charge in [-0.1, -0.05) is 57.6 Å². The summed E-state index contributed by atoms with van der Waals surface area (Å²) < 4.78 is 10.8. The summed E-state index contributed by atoms with van der Waals surface area (Å²) in [6, 6.07) is 3.38. The molecule has 1 heterocycles. The Morgan fingerprint density at radius 3 is 2.21 bits per heavy atom. The Morgan fingerprint density at radius 1 is 0.958 bits per heavy atom. The summed E-state index contributed by atoms with van der Waals surface area (Å²) in [5.74, 6) is 0.746. The predicted octanol–water partition coefficient (Wildman–Crippen LogP) is 6.73. The molecular formula is C21H34O3. The number of unbranched alkanes of at least 4 members (excludes halogenated alkanes) is 9. The van der Waals surface area contributed by atoms with Crippen LogP contribution in [0.1, 0.15) is 95.0 Å². The van der Waals surface area contributed by atoms with Crippen molar-refractivity contribution >= 4 is 5.78 Å². The van der Waals surface area contributed by atoms with Crippen LogP contribution < -0.4 is 4.74 Å². The van der Waals surface area contributed by atoms with E-state index >= 15 is 0 Å². The molecule has 0 aliphatic rings. The van der Waals surface area contributed by atoms with Crippen molar-refractivity contribution in [2.75, 3.05) is 6.61 Å². The van der Waals surface area contributed by atoms with Crippen LogP contribution in [0.2, 0.25) is 0 Å². The van der Waals surface area contributed by atoms with Gasteiger partial charge in [-0.15, -0.1) is 0 Å². The summed E-state index contributed by atoms with van der Waals surface area (Å²) in [7, 11) is 0. The highest BCUT2D eigenvalue weighted by atomic mass is 16.6. The molecule has 0 aliphatic carbocycles. The van der Waals surface area contributed by atoms with Gasteiger partial charge >= 0.3 is 0 Å². The van der Waals surface area contributed by atoms with Crippen LogP contribution in [0.3, 0.4) is 0 Å². The lowest BCUT2D eigenvalue weighted by atomic mass is 10.1. The van der Waals surface area contributed by atoms with Crippen LogP contribution in [-0.2, 0) is 0 Å². The van der Waals surface area contributed by atoms with Gasteiger partial charge in [-0.3, -0.25) is 4.79 Å². The number of ether oxygens (including phenoxy) is 1. The number of allylic oxidation sites excluding steroid dienone is 2. The molecule has 1 aromatic heterocycles. The molecule has 0 aliphatic heterocycles. The molecule has 24 heavy (non-hydrogen) atoms. The number of furan rings is 1. The molecule has 1 aromatic rings. The van der Waals surface area contributed by atoms with E-state index in [2.05, 4.69) is 19.1 Å². The third kappa shape index (κ3) is 10.3. The maximum absolute atomic E-state index is 11.1. The topological polar surface area (TPSA) is 39.4 Å². The highest BCUT2D eigenvalue weighted by Gasteiger charge is 2.06. The Hall–Kier alpha value is -1.51. The average molecular weight is 334 g/mol. The Kier molecular flexibility index (Phi) is 11.9. The number of rotatable bonds is 15. The molecule has 0 spiro atoms. The molecule has 0 saturated carbocycles. The standard InChI is InChI=1S/C21H34O3/c1-3-4-5-6-7-8-9-10-11-12-13-14-15-18-23-21-17-16-20(24-21)19(2)22/h7-8,16-17H,3-6,9-15,18H2,1-2H3/b8-7-. The Labute approximate surface area is 147 Å². The number of Topliss-reactive ketones (excluding diaryl/α,β-unsaturated/α-hetero) is 1. The van der Waals surface area contributed by atoms with Crippen LogP contribution in [0.5, 0.6) is 5.95 Å². The summed E-state index contributed by atoms with van der Waals surface area (Å²) in [6.45, 7) is 4.40. The van der Waals surface area contributed by atoms with E-state index in [0.717, 1.165) is 6.42 Å². The Balaban J connectivity index is 1.86. The van der Waals surface area contributed by atoms with E-state index in [1.807, 2.05) is 0 Å². The lowest BCUT2D eigenvalue weighted by Gasteiger charge is -2.03. The van der Waals surface area contributed by atoms with Gasteiger partial charge in [0.1, 0.15) is 0 Å². The zero-order valence-corrected chi connectivity index (χ0v) is 15.5. The molecule has 136 valence electrons. The fraction of sp³-hybridized carbons (Fsp3) is 0.667. The van der Waals surface area contributed by atoms with E-state index in [1.165, 1.54) is 71.1 Å². The van der Waals surface area contributed by atoms with Crippen LogP contribution in [0.4, 0.5) is 0 Å². The van der Waals surface area contributed by atoms with Crippen LogP contribution >= 0.6 is 0 Å². The molecule has 0 saturated heterocycles. The molecule has 1 rings (SSSR count). The van der Waals surface area contributed by atoms with Crippen molar-refractivity contribution in [2.24, 2.45) is 0 Å². The Bertz CT molecular complexity index is 459. The highest BCUT2D eigenvalue weighted by Crippen LogP contribution is 2.17. The third-order valence-electron chi connectivity index (χ3n) is 4.08. The maximum atomic E-state index is 11.1. The zero-order chi connectivity index (χ0) is 17.5. The molecule has 0 aromatic carbocycles. The fourth-order valence-corrected chi connectivity index (χ4v) is 2.58. The first-order valence-electron chi connectivity index (χ1n) is 9.62.